The minimum atomic E-state index is -0.466. The van der Waals surface area contributed by atoms with Crippen LogP contribution in [0.25, 0.3) is 89.5 Å². The highest BCUT2D eigenvalue weighted by atomic mass is 16.3. The average Bonchev–Trinajstić information content (AvgIpc) is 3.65. The fourth-order valence-electron chi connectivity index (χ4n) is 6.04. The number of hydrogen-bond acceptors (Lipinski definition) is 4. The molecule has 230 valence electrons. The van der Waals surface area contributed by atoms with Crippen molar-refractivity contribution in [3.8, 4) is 67.5 Å². The number of para-hydroxylation sites is 1. The van der Waals surface area contributed by atoms with Gasteiger partial charge in [0.15, 0.2) is 17.5 Å². The zero-order valence-electron chi connectivity index (χ0n) is 33.0. The molecule has 2 aromatic heterocycles. The van der Waals surface area contributed by atoms with Crippen molar-refractivity contribution in [1.82, 2.24) is 15.0 Å². The first-order chi connectivity index (χ1) is 27.2. The molecular weight excluding hydrogens is 599 g/mol. The van der Waals surface area contributed by atoms with Gasteiger partial charge in [0.1, 0.15) is 11.2 Å². The first-order valence-corrected chi connectivity index (χ1v) is 15.8. The molecule has 49 heavy (non-hydrogen) atoms. The molecule has 0 aliphatic heterocycles. The maximum Gasteiger partial charge on any atom is 0.164 e. The summed E-state index contributed by atoms with van der Waals surface area (Å²) in [5.74, 6) is 1.38. The molecule has 4 heteroatoms. The van der Waals surface area contributed by atoms with Crippen molar-refractivity contribution in [2.75, 3.05) is 0 Å². The number of benzene rings is 7. The fraction of sp³-hybridized carbons (Fsp3) is 0. The van der Waals surface area contributed by atoms with Crippen LogP contribution in [0.3, 0.4) is 0 Å². The van der Waals surface area contributed by atoms with Crippen LogP contribution in [0.2, 0.25) is 0 Å². The smallest absolute Gasteiger partial charge is 0.164 e. The molecule has 0 saturated carbocycles. The fourth-order valence-corrected chi connectivity index (χ4v) is 6.04. The van der Waals surface area contributed by atoms with Crippen LogP contribution in [-0.4, -0.2) is 15.0 Å². The third-order valence-corrected chi connectivity index (χ3v) is 8.49. The van der Waals surface area contributed by atoms with Crippen LogP contribution in [-0.2, 0) is 0 Å². The number of rotatable bonds is 6. The van der Waals surface area contributed by atoms with Crippen LogP contribution in [0.1, 0.15) is 9.60 Å². The molecular formula is C45H29N3O. The summed E-state index contributed by atoms with van der Waals surface area (Å²) < 4.78 is 65.5. The summed E-state index contributed by atoms with van der Waals surface area (Å²) in [6.45, 7) is 0. The maximum atomic E-state index is 8.93. The second-order valence-electron chi connectivity index (χ2n) is 11.5. The Morgan fingerprint density at radius 2 is 0.878 bits per heavy atom. The van der Waals surface area contributed by atoms with E-state index in [0.717, 1.165) is 33.4 Å². The van der Waals surface area contributed by atoms with Gasteiger partial charge in [0.2, 0.25) is 0 Å². The second kappa shape index (κ2) is 12.2. The summed E-state index contributed by atoms with van der Waals surface area (Å²) in [6, 6.07) is 40.8. The van der Waals surface area contributed by atoms with Gasteiger partial charge in [-0.3, -0.25) is 0 Å². The molecule has 0 atom stereocenters. The first kappa shape index (κ1) is 22.0. The molecule has 0 bridgehead atoms. The highest BCUT2D eigenvalue weighted by Gasteiger charge is 2.15. The van der Waals surface area contributed by atoms with Crippen molar-refractivity contribution in [2.45, 2.75) is 0 Å². The number of hydrogen-bond donors (Lipinski definition) is 0. The molecule has 0 saturated heterocycles. The first-order valence-electron chi connectivity index (χ1n) is 19.3. The van der Waals surface area contributed by atoms with E-state index in [1.54, 1.807) is 24.3 Å². The highest BCUT2D eigenvalue weighted by Crippen LogP contribution is 2.37. The van der Waals surface area contributed by atoms with E-state index in [2.05, 4.69) is 30.3 Å². The molecule has 0 N–H and O–H groups in total. The number of furan rings is 1. The molecule has 2 heterocycles. The lowest BCUT2D eigenvalue weighted by molar-refractivity contribution is 0.669. The Labute approximate surface area is 293 Å². The van der Waals surface area contributed by atoms with Gasteiger partial charge in [0.05, 0.1) is 9.60 Å². The van der Waals surface area contributed by atoms with Gasteiger partial charge in [0.25, 0.3) is 0 Å². The maximum absolute atomic E-state index is 8.93. The average molecular weight is 635 g/mol. The summed E-state index contributed by atoms with van der Waals surface area (Å²) in [6.07, 6.45) is 0. The Balaban J connectivity index is 1.19. The van der Waals surface area contributed by atoms with Gasteiger partial charge in [-0.15, -0.1) is 0 Å². The van der Waals surface area contributed by atoms with Crippen molar-refractivity contribution >= 4 is 21.9 Å². The standard InChI is InChI=1S/C45H29N3O/c1-3-11-30(12-4-1)32-21-25-34(26-22-32)43-46-44(48-45(47-43)37-16-9-15-36(29-37)31-13-5-2-6-14-31)35-27-23-33(24-28-35)38-18-10-20-41-42(38)39-17-7-8-19-40(39)49-41/h1-29H/i7D,8D,10D,17D,18D,19D,20D. The Kier molecular flexibility index (Phi) is 5.47. The van der Waals surface area contributed by atoms with Gasteiger partial charge in [-0.2, -0.15) is 0 Å². The molecule has 0 aliphatic rings. The van der Waals surface area contributed by atoms with E-state index in [9.17, 15) is 0 Å². The normalized spacial score (nSPS) is 13.3. The predicted octanol–water partition coefficient (Wildman–Crippen LogP) is 11.8. The van der Waals surface area contributed by atoms with E-state index >= 15 is 0 Å². The summed E-state index contributed by atoms with van der Waals surface area (Å²) >= 11 is 0. The Morgan fingerprint density at radius 3 is 1.55 bits per heavy atom. The zero-order chi connectivity index (χ0) is 38.7. The highest BCUT2D eigenvalue weighted by molar-refractivity contribution is 6.12. The molecule has 0 aliphatic carbocycles. The number of aromatic nitrogens is 3. The van der Waals surface area contributed by atoms with Crippen LogP contribution < -0.4 is 0 Å². The second-order valence-corrected chi connectivity index (χ2v) is 11.5. The molecule has 7 aromatic carbocycles. The zero-order valence-corrected chi connectivity index (χ0v) is 26.0. The van der Waals surface area contributed by atoms with Gasteiger partial charge >= 0.3 is 0 Å². The summed E-state index contributed by atoms with van der Waals surface area (Å²) in [5, 5.41) is 0.252. The Hall–Kier alpha value is -6.65. The number of nitrogens with zero attached hydrogens (tertiary/aromatic N) is 3. The molecule has 9 aromatic rings. The molecule has 0 unspecified atom stereocenters. The predicted molar refractivity (Wildman–Crippen MR) is 200 cm³/mol. The van der Waals surface area contributed by atoms with E-state index in [4.69, 9.17) is 29.0 Å². The van der Waals surface area contributed by atoms with Crippen molar-refractivity contribution in [3.63, 3.8) is 0 Å². The van der Waals surface area contributed by atoms with Gasteiger partial charge < -0.3 is 4.42 Å². The van der Waals surface area contributed by atoms with E-state index in [1.165, 1.54) is 0 Å². The molecule has 0 spiro atoms. The van der Waals surface area contributed by atoms with E-state index in [-0.39, 0.29) is 57.7 Å². The summed E-state index contributed by atoms with van der Waals surface area (Å²) in [4.78, 5) is 14.8. The Morgan fingerprint density at radius 1 is 0.388 bits per heavy atom. The molecule has 0 radical (unpaired) electrons. The lowest BCUT2D eigenvalue weighted by Gasteiger charge is -2.11. The van der Waals surface area contributed by atoms with Crippen LogP contribution in [0.15, 0.2) is 180 Å². The van der Waals surface area contributed by atoms with Crippen LogP contribution in [0.4, 0.5) is 0 Å². The van der Waals surface area contributed by atoms with E-state index < -0.39 is 12.1 Å². The number of fused-ring (bicyclic) bond motifs is 3. The van der Waals surface area contributed by atoms with Crippen LogP contribution in [0, 0.1) is 0 Å². The third kappa shape index (κ3) is 5.45. The van der Waals surface area contributed by atoms with Gasteiger partial charge in [0, 0.05) is 27.5 Å². The minimum absolute atomic E-state index is 0.0647. The lowest BCUT2D eigenvalue weighted by Crippen LogP contribution is -2.00. The monoisotopic (exact) mass is 634 g/mol. The van der Waals surface area contributed by atoms with Crippen molar-refractivity contribution < 1.29 is 14.0 Å². The summed E-state index contributed by atoms with van der Waals surface area (Å²) in [5.41, 5.74) is 7.04. The largest absolute Gasteiger partial charge is 0.456 e. The topological polar surface area (TPSA) is 51.8 Å². The quantitative estimate of drug-likeness (QED) is 0.183. The van der Waals surface area contributed by atoms with E-state index in [1.807, 2.05) is 78.9 Å². The molecule has 0 amide bonds. The van der Waals surface area contributed by atoms with Crippen molar-refractivity contribution in [2.24, 2.45) is 0 Å². The third-order valence-electron chi connectivity index (χ3n) is 8.49. The van der Waals surface area contributed by atoms with Gasteiger partial charge in [-0.25, -0.2) is 15.0 Å². The molecule has 4 nitrogen and oxygen atoms in total. The van der Waals surface area contributed by atoms with Gasteiger partial charge in [-0.05, 0) is 51.5 Å². The lowest BCUT2D eigenvalue weighted by atomic mass is 9.98. The van der Waals surface area contributed by atoms with E-state index in [0.29, 0.717) is 28.6 Å². The van der Waals surface area contributed by atoms with Crippen LogP contribution >= 0.6 is 0 Å². The summed E-state index contributed by atoms with van der Waals surface area (Å²) in [7, 11) is 0. The van der Waals surface area contributed by atoms with Gasteiger partial charge in [-0.1, -0.05) is 158 Å². The van der Waals surface area contributed by atoms with Crippen molar-refractivity contribution in [1.29, 1.82) is 0 Å². The van der Waals surface area contributed by atoms with Crippen molar-refractivity contribution in [3.05, 3.63) is 176 Å². The minimum Gasteiger partial charge on any atom is -0.456 e. The Bertz CT molecular complexity index is 2970. The molecule has 9 rings (SSSR count). The van der Waals surface area contributed by atoms with Crippen LogP contribution in [0.5, 0.6) is 0 Å². The SMILES string of the molecule is [2H]c1c([2H])c([2H])c2c(oc3c([2H])c([2H])c([2H])c(-c4ccc(-c5nc(-c6ccc(-c7ccccc7)cc6)nc(-c6cccc(-c7ccccc7)c6)n5)cc4)c32)c1[2H]. The molecule has 0 fully saturated rings.